The zero-order valence-corrected chi connectivity index (χ0v) is 11.1. The van der Waals surface area contributed by atoms with Crippen LogP contribution in [0.1, 0.15) is 11.3 Å². The maximum atomic E-state index is 6.07. The second-order valence-electron chi connectivity index (χ2n) is 3.61. The topological polar surface area (TPSA) is 61.0 Å². The van der Waals surface area contributed by atoms with Crippen molar-refractivity contribution in [3.05, 3.63) is 46.9 Å². The number of rotatable bonds is 3. The molecule has 6 heteroatoms. The molecule has 1 heterocycles. The standard InChI is InChI=1S/C12H10ClN3OS/c1-7-2-3-9(8(13)6-7)17-12-10(11(14)18)15-4-5-16-12/h2-6H,1H3,(H2,14,18). The molecule has 0 saturated carbocycles. The molecule has 0 aliphatic heterocycles. The number of ether oxygens (including phenoxy) is 1. The lowest BCUT2D eigenvalue weighted by Gasteiger charge is -2.09. The lowest BCUT2D eigenvalue weighted by atomic mass is 10.2. The summed E-state index contributed by atoms with van der Waals surface area (Å²) in [6, 6.07) is 5.45. The molecule has 0 spiro atoms. The van der Waals surface area contributed by atoms with E-state index in [1.54, 1.807) is 12.1 Å². The van der Waals surface area contributed by atoms with E-state index in [9.17, 15) is 0 Å². The van der Waals surface area contributed by atoms with E-state index in [4.69, 9.17) is 34.3 Å². The first-order valence-corrected chi connectivity index (χ1v) is 5.91. The third-order valence-corrected chi connectivity index (χ3v) is 2.68. The summed E-state index contributed by atoms with van der Waals surface area (Å²) in [5.74, 6) is 0.732. The van der Waals surface area contributed by atoms with Crippen molar-refractivity contribution in [1.82, 2.24) is 9.97 Å². The van der Waals surface area contributed by atoms with E-state index in [-0.39, 0.29) is 10.9 Å². The fraction of sp³-hybridized carbons (Fsp3) is 0.0833. The number of aromatic nitrogens is 2. The van der Waals surface area contributed by atoms with E-state index in [2.05, 4.69) is 9.97 Å². The van der Waals surface area contributed by atoms with Crippen LogP contribution in [0.3, 0.4) is 0 Å². The smallest absolute Gasteiger partial charge is 0.248 e. The summed E-state index contributed by atoms with van der Waals surface area (Å²) in [6.07, 6.45) is 3.00. The third-order valence-electron chi connectivity index (χ3n) is 2.19. The van der Waals surface area contributed by atoms with Crippen LogP contribution < -0.4 is 10.5 Å². The van der Waals surface area contributed by atoms with E-state index in [1.807, 2.05) is 13.0 Å². The van der Waals surface area contributed by atoms with Gasteiger partial charge in [-0.2, -0.15) is 0 Å². The van der Waals surface area contributed by atoms with Crippen LogP contribution in [0.25, 0.3) is 0 Å². The molecule has 0 radical (unpaired) electrons. The molecule has 0 aliphatic carbocycles. The van der Waals surface area contributed by atoms with Gasteiger partial charge in [0.2, 0.25) is 5.88 Å². The highest BCUT2D eigenvalue weighted by atomic mass is 35.5. The van der Waals surface area contributed by atoms with Crippen LogP contribution in [0, 0.1) is 6.92 Å². The van der Waals surface area contributed by atoms with Crippen LogP contribution in [-0.4, -0.2) is 15.0 Å². The van der Waals surface area contributed by atoms with E-state index in [1.165, 1.54) is 12.4 Å². The van der Waals surface area contributed by atoms with Crippen molar-refractivity contribution in [2.45, 2.75) is 6.92 Å². The Hall–Kier alpha value is -1.72. The zero-order chi connectivity index (χ0) is 13.1. The minimum atomic E-state index is 0.126. The van der Waals surface area contributed by atoms with E-state index in [0.717, 1.165) is 5.56 Å². The molecule has 2 rings (SSSR count). The Morgan fingerprint density at radius 3 is 2.72 bits per heavy atom. The Morgan fingerprint density at radius 1 is 1.33 bits per heavy atom. The fourth-order valence-electron chi connectivity index (χ4n) is 1.36. The van der Waals surface area contributed by atoms with Crippen LogP contribution in [0.4, 0.5) is 0 Å². The molecule has 0 saturated heterocycles. The fourth-order valence-corrected chi connectivity index (χ4v) is 1.78. The number of benzene rings is 1. The zero-order valence-electron chi connectivity index (χ0n) is 9.55. The summed E-state index contributed by atoms with van der Waals surface area (Å²) in [5, 5.41) is 0.495. The first-order chi connectivity index (χ1) is 8.58. The van der Waals surface area contributed by atoms with Gasteiger partial charge in [0.1, 0.15) is 10.7 Å². The van der Waals surface area contributed by atoms with Crippen molar-refractivity contribution in [3.8, 4) is 11.6 Å². The number of nitrogens with zero attached hydrogens (tertiary/aromatic N) is 2. The predicted octanol–water partition coefficient (Wildman–Crippen LogP) is 2.86. The minimum absolute atomic E-state index is 0.126. The van der Waals surface area contributed by atoms with Crippen LogP contribution >= 0.6 is 23.8 Å². The molecule has 2 N–H and O–H groups in total. The molecule has 0 unspecified atom stereocenters. The van der Waals surface area contributed by atoms with Gasteiger partial charge in [0, 0.05) is 12.4 Å². The molecule has 1 aromatic carbocycles. The maximum absolute atomic E-state index is 6.07. The van der Waals surface area contributed by atoms with E-state index < -0.39 is 0 Å². The van der Waals surface area contributed by atoms with Crippen molar-refractivity contribution in [3.63, 3.8) is 0 Å². The number of nitrogens with two attached hydrogens (primary N) is 1. The van der Waals surface area contributed by atoms with Gasteiger partial charge in [-0.05, 0) is 24.6 Å². The van der Waals surface area contributed by atoms with Gasteiger partial charge in [0.25, 0.3) is 0 Å². The molecular formula is C12H10ClN3OS. The van der Waals surface area contributed by atoms with Gasteiger partial charge in [0.15, 0.2) is 5.69 Å². The molecule has 92 valence electrons. The van der Waals surface area contributed by atoms with Crippen molar-refractivity contribution < 1.29 is 4.74 Å². The number of hydrogen-bond donors (Lipinski definition) is 1. The van der Waals surface area contributed by atoms with Crippen LogP contribution in [0.5, 0.6) is 11.6 Å². The normalized spacial score (nSPS) is 10.1. The van der Waals surface area contributed by atoms with Gasteiger partial charge in [-0.1, -0.05) is 29.9 Å². The average molecular weight is 280 g/mol. The molecule has 0 bridgehead atoms. The molecule has 18 heavy (non-hydrogen) atoms. The Bertz CT molecular complexity index is 604. The summed E-state index contributed by atoms with van der Waals surface area (Å²) in [4.78, 5) is 8.20. The summed E-state index contributed by atoms with van der Waals surface area (Å²) < 4.78 is 5.58. The van der Waals surface area contributed by atoms with Crippen molar-refractivity contribution in [2.24, 2.45) is 5.73 Å². The molecule has 0 amide bonds. The van der Waals surface area contributed by atoms with E-state index >= 15 is 0 Å². The number of aryl methyl sites for hydroxylation is 1. The van der Waals surface area contributed by atoms with Crippen molar-refractivity contribution in [2.75, 3.05) is 0 Å². The largest absolute Gasteiger partial charge is 0.435 e. The van der Waals surface area contributed by atoms with Gasteiger partial charge in [-0.15, -0.1) is 0 Å². The van der Waals surface area contributed by atoms with Crippen molar-refractivity contribution >= 4 is 28.8 Å². The predicted molar refractivity (Wildman–Crippen MR) is 74.2 cm³/mol. The molecule has 1 aromatic heterocycles. The van der Waals surface area contributed by atoms with Gasteiger partial charge >= 0.3 is 0 Å². The van der Waals surface area contributed by atoms with Gasteiger partial charge < -0.3 is 10.5 Å². The summed E-state index contributed by atoms with van der Waals surface area (Å²) in [6.45, 7) is 1.94. The highest BCUT2D eigenvalue weighted by Gasteiger charge is 2.11. The summed E-state index contributed by atoms with van der Waals surface area (Å²) in [5.41, 5.74) is 6.93. The average Bonchev–Trinajstić information content (AvgIpc) is 2.33. The van der Waals surface area contributed by atoms with Gasteiger partial charge in [-0.25, -0.2) is 9.97 Å². The molecule has 0 atom stereocenters. The molecule has 0 fully saturated rings. The van der Waals surface area contributed by atoms with Crippen molar-refractivity contribution in [1.29, 1.82) is 0 Å². The lowest BCUT2D eigenvalue weighted by molar-refractivity contribution is 0.459. The Morgan fingerprint density at radius 2 is 2.06 bits per heavy atom. The SMILES string of the molecule is Cc1ccc(Oc2nccnc2C(N)=S)c(Cl)c1. The Balaban J connectivity index is 2.37. The third kappa shape index (κ3) is 2.75. The quantitative estimate of drug-likeness (QED) is 0.876. The number of halogens is 1. The van der Waals surface area contributed by atoms with Gasteiger partial charge in [-0.3, -0.25) is 0 Å². The second-order valence-corrected chi connectivity index (χ2v) is 4.46. The Kier molecular flexibility index (Phi) is 3.74. The van der Waals surface area contributed by atoms with Crippen LogP contribution in [-0.2, 0) is 0 Å². The Labute approximate surface area is 115 Å². The maximum Gasteiger partial charge on any atom is 0.248 e. The molecule has 0 aliphatic rings. The molecular weight excluding hydrogens is 270 g/mol. The first-order valence-electron chi connectivity index (χ1n) is 5.13. The first kappa shape index (κ1) is 12.7. The molecule has 4 nitrogen and oxygen atoms in total. The highest BCUT2D eigenvalue weighted by molar-refractivity contribution is 7.80. The lowest BCUT2D eigenvalue weighted by Crippen LogP contribution is -2.13. The van der Waals surface area contributed by atoms with E-state index in [0.29, 0.717) is 16.5 Å². The minimum Gasteiger partial charge on any atom is -0.435 e. The number of thiocarbonyl (C=S) groups is 1. The summed E-state index contributed by atoms with van der Waals surface area (Å²) >= 11 is 11.0. The van der Waals surface area contributed by atoms with Crippen LogP contribution in [0.15, 0.2) is 30.6 Å². The second kappa shape index (κ2) is 5.29. The summed E-state index contributed by atoms with van der Waals surface area (Å²) in [7, 11) is 0. The van der Waals surface area contributed by atoms with Gasteiger partial charge in [0.05, 0.1) is 5.02 Å². The monoisotopic (exact) mass is 279 g/mol. The molecule has 2 aromatic rings. The number of hydrogen-bond acceptors (Lipinski definition) is 4. The van der Waals surface area contributed by atoms with Crippen LogP contribution in [0.2, 0.25) is 5.02 Å². The highest BCUT2D eigenvalue weighted by Crippen LogP contribution is 2.29.